The highest BCUT2D eigenvalue weighted by atomic mass is 35.5. The molecular weight excluding hydrogens is 192 g/mol. The summed E-state index contributed by atoms with van der Waals surface area (Å²) in [5, 5.41) is 0.335. The van der Waals surface area contributed by atoms with E-state index >= 15 is 0 Å². The molecule has 70 valence electrons. The number of aromatic nitrogens is 2. The van der Waals surface area contributed by atoms with Crippen LogP contribution in [-0.4, -0.2) is 29.5 Å². The van der Waals surface area contributed by atoms with Crippen LogP contribution in [0, 0.1) is 0 Å². The number of anilines is 1. The molecule has 0 spiro atoms. The Morgan fingerprint density at radius 2 is 2.38 bits per heavy atom. The molecular formula is C7H9ClN4O. The molecule has 0 unspecified atom stereocenters. The third-order valence-corrected chi connectivity index (χ3v) is 1.61. The number of likely N-dealkylation sites (N-methyl/N-ethyl adjacent to an activating group) is 1. The van der Waals surface area contributed by atoms with Gasteiger partial charge in [-0.1, -0.05) is 11.6 Å². The topological polar surface area (TPSA) is 72.1 Å². The summed E-state index contributed by atoms with van der Waals surface area (Å²) in [4.78, 5) is 19.8. The summed E-state index contributed by atoms with van der Waals surface area (Å²) in [5.41, 5.74) is 5.01. The van der Waals surface area contributed by atoms with Gasteiger partial charge in [0.15, 0.2) is 0 Å². The molecule has 2 N–H and O–H groups in total. The maximum atomic E-state index is 10.6. The first-order chi connectivity index (χ1) is 6.09. The number of amides is 1. The van der Waals surface area contributed by atoms with Gasteiger partial charge in [0.25, 0.3) is 0 Å². The second-order valence-corrected chi connectivity index (χ2v) is 2.91. The number of hydrogen-bond donors (Lipinski definition) is 1. The van der Waals surface area contributed by atoms with Gasteiger partial charge < -0.3 is 10.6 Å². The minimum atomic E-state index is -0.419. The fourth-order valence-electron chi connectivity index (χ4n) is 0.848. The van der Waals surface area contributed by atoms with Gasteiger partial charge in [-0.2, -0.15) is 0 Å². The molecule has 0 radical (unpaired) electrons. The van der Waals surface area contributed by atoms with Crippen LogP contribution in [0.15, 0.2) is 12.4 Å². The largest absolute Gasteiger partial charge is 0.368 e. The predicted molar refractivity (Wildman–Crippen MR) is 49.5 cm³/mol. The number of primary amides is 1. The number of carbonyl (C=O) groups is 1. The lowest BCUT2D eigenvalue weighted by Crippen LogP contribution is -2.31. The van der Waals surface area contributed by atoms with Crippen LogP contribution in [-0.2, 0) is 4.79 Å². The zero-order valence-electron chi connectivity index (χ0n) is 7.07. The van der Waals surface area contributed by atoms with E-state index in [2.05, 4.69) is 9.97 Å². The van der Waals surface area contributed by atoms with Crippen molar-refractivity contribution in [3.63, 3.8) is 0 Å². The van der Waals surface area contributed by atoms with Crippen molar-refractivity contribution in [2.45, 2.75) is 0 Å². The van der Waals surface area contributed by atoms with Crippen LogP contribution in [0.1, 0.15) is 0 Å². The molecule has 0 atom stereocenters. The van der Waals surface area contributed by atoms with Gasteiger partial charge in [-0.15, -0.1) is 0 Å². The van der Waals surface area contributed by atoms with Crippen molar-refractivity contribution >= 4 is 23.3 Å². The van der Waals surface area contributed by atoms with Gasteiger partial charge in [-0.25, -0.2) is 9.97 Å². The molecule has 0 bridgehead atoms. The fourth-order valence-corrected chi connectivity index (χ4v) is 0.989. The normalized spacial score (nSPS) is 9.69. The van der Waals surface area contributed by atoms with E-state index in [1.165, 1.54) is 6.33 Å². The lowest BCUT2D eigenvalue weighted by atomic mass is 10.5. The summed E-state index contributed by atoms with van der Waals surface area (Å²) >= 11 is 5.63. The van der Waals surface area contributed by atoms with Crippen molar-refractivity contribution in [2.24, 2.45) is 5.73 Å². The first kappa shape index (κ1) is 9.73. The minimum Gasteiger partial charge on any atom is -0.368 e. The number of nitrogens with zero attached hydrogens (tertiary/aromatic N) is 3. The number of nitrogens with two attached hydrogens (primary N) is 1. The molecule has 0 aliphatic carbocycles. The molecule has 0 aliphatic rings. The Balaban J connectivity index is 2.76. The third-order valence-electron chi connectivity index (χ3n) is 1.40. The van der Waals surface area contributed by atoms with Crippen LogP contribution in [0.2, 0.25) is 5.15 Å². The van der Waals surface area contributed by atoms with E-state index in [4.69, 9.17) is 17.3 Å². The van der Waals surface area contributed by atoms with E-state index in [0.717, 1.165) is 0 Å². The van der Waals surface area contributed by atoms with Crippen molar-refractivity contribution in [2.75, 3.05) is 18.5 Å². The summed E-state index contributed by atoms with van der Waals surface area (Å²) in [7, 11) is 1.70. The van der Waals surface area contributed by atoms with E-state index in [9.17, 15) is 4.79 Å². The maximum absolute atomic E-state index is 10.6. The Morgan fingerprint density at radius 1 is 1.69 bits per heavy atom. The van der Waals surface area contributed by atoms with E-state index in [1.54, 1.807) is 18.0 Å². The van der Waals surface area contributed by atoms with E-state index in [-0.39, 0.29) is 6.54 Å². The van der Waals surface area contributed by atoms with Gasteiger partial charge in [-0.05, 0) is 0 Å². The van der Waals surface area contributed by atoms with Crippen LogP contribution < -0.4 is 10.6 Å². The van der Waals surface area contributed by atoms with Crippen LogP contribution in [0.3, 0.4) is 0 Å². The molecule has 5 nitrogen and oxygen atoms in total. The smallest absolute Gasteiger partial charge is 0.236 e. The summed E-state index contributed by atoms with van der Waals surface area (Å²) in [6.45, 7) is 0.105. The summed E-state index contributed by atoms with van der Waals surface area (Å²) in [6.07, 6.45) is 1.33. The van der Waals surface area contributed by atoms with Crippen molar-refractivity contribution < 1.29 is 4.79 Å². The summed E-state index contributed by atoms with van der Waals surface area (Å²) in [6, 6.07) is 1.56. The van der Waals surface area contributed by atoms with Crippen molar-refractivity contribution in [3.8, 4) is 0 Å². The molecule has 0 aliphatic heterocycles. The summed E-state index contributed by atoms with van der Waals surface area (Å²) < 4.78 is 0. The standard InChI is InChI=1S/C7H9ClN4O/c1-12(3-6(9)13)7-2-5(8)10-4-11-7/h2,4H,3H2,1H3,(H2,9,13). The second-order valence-electron chi connectivity index (χ2n) is 2.52. The Kier molecular flexibility index (Phi) is 3.02. The van der Waals surface area contributed by atoms with Crippen LogP contribution in [0.4, 0.5) is 5.82 Å². The van der Waals surface area contributed by atoms with Gasteiger partial charge in [0.1, 0.15) is 17.3 Å². The second kappa shape index (κ2) is 4.04. The van der Waals surface area contributed by atoms with Crippen molar-refractivity contribution in [1.82, 2.24) is 9.97 Å². The van der Waals surface area contributed by atoms with Gasteiger partial charge in [0.2, 0.25) is 5.91 Å². The van der Waals surface area contributed by atoms with E-state index in [0.29, 0.717) is 11.0 Å². The lowest BCUT2D eigenvalue weighted by molar-refractivity contribution is -0.116. The molecule has 6 heteroatoms. The molecule has 1 aromatic rings. The van der Waals surface area contributed by atoms with Gasteiger partial charge in [0, 0.05) is 13.1 Å². The highest BCUT2D eigenvalue weighted by molar-refractivity contribution is 6.29. The maximum Gasteiger partial charge on any atom is 0.236 e. The zero-order valence-corrected chi connectivity index (χ0v) is 7.82. The van der Waals surface area contributed by atoms with Crippen molar-refractivity contribution in [1.29, 1.82) is 0 Å². The first-order valence-corrected chi connectivity index (χ1v) is 3.94. The monoisotopic (exact) mass is 200 g/mol. The van der Waals surface area contributed by atoms with Crippen LogP contribution in [0.25, 0.3) is 0 Å². The molecule has 1 rings (SSSR count). The Bertz CT molecular complexity index is 317. The third kappa shape index (κ3) is 2.87. The number of rotatable bonds is 3. The van der Waals surface area contributed by atoms with E-state index < -0.39 is 5.91 Å². The highest BCUT2D eigenvalue weighted by Crippen LogP contribution is 2.11. The average molecular weight is 201 g/mol. The SMILES string of the molecule is CN(CC(N)=O)c1cc(Cl)ncn1. The molecule has 0 fully saturated rings. The summed E-state index contributed by atoms with van der Waals surface area (Å²) in [5.74, 6) is 0.149. The number of hydrogen-bond acceptors (Lipinski definition) is 4. The molecule has 1 aromatic heterocycles. The van der Waals surface area contributed by atoms with Gasteiger partial charge >= 0.3 is 0 Å². The minimum absolute atomic E-state index is 0.105. The molecule has 0 saturated heterocycles. The number of carbonyl (C=O) groups excluding carboxylic acids is 1. The van der Waals surface area contributed by atoms with Crippen molar-refractivity contribution in [3.05, 3.63) is 17.5 Å². The highest BCUT2D eigenvalue weighted by Gasteiger charge is 2.05. The Hall–Kier alpha value is -1.36. The van der Waals surface area contributed by atoms with Crippen LogP contribution in [0.5, 0.6) is 0 Å². The molecule has 0 aromatic carbocycles. The van der Waals surface area contributed by atoms with E-state index in [1.807, 2.05) is 0 Å². The number of halogens is 1. The molecule has 1 heterocycles. The predicted octanol–water partition coefficient (Wildman–Crippen LogP) is 0.0515. The quantitative estimate of drug-likeness (QED) is 0.700. The fraction of sp³-hybridized carbons (Fsp3) is 0.286. The van der Waals surface area contributed by atoms with Gasteiger partial charge in [0.05, 0.1) is 6.54 Å². The Labute approximate surface area is 80.5 Å². The molecule has 13 heavy (non-hydrogen) atoms. The lowest BCUT2D eigenvalue weighted by Gasteiger charge is -2.15. The molecule has 1 amide bonds. The first-order valence-electron chi connectivity index (χ1n) is 3.56. The zero-order chi connectivity index (χ0) is 9.84. The Morgan fingerprint density at radius 3 is 2.92 bits per heavy atom. The average Bonchev–Trinajstić information content (AvgIpc) is 2.03. The van der Waals surface area contributed by atoms with Crippen LogP contribution >= 0.6 is 11.6 Å². The molecule has 0 saturated carbocycles. The van der Waals surface area contributed by atoms with Gasteiger partial charge in [-0.3, -0.25) is 4.79 Å².